The minimum Gasteiger partial charge on any atom is -0.497 e. The summed E-state index contributed by atoms with van der Waals surface area (Å²) in [6.07, 6.45) is 9.31. The Bertz CT molecular complexity index is 645. The van der Waals surface area contributed by atoms with Crippen molar-refractivity contribution in [2.45, 2.75) is 57.4 Å². The molecule has 0 radical (unpaired) electrons. The Morgan fingerprint density at radius 1 is 1.18 bits per heavy atom. The molecule has 2 aliphatic rings. The zero-order valence-electron chi connectivity index (χ0n) is 16.7. The highest BCUT2D eigenvalue weighted by Gasteiger charge is 2.24. The third-order valence-corrected chi connectivity index (χ3v) is 7.75. The first-order valence-electron chi connectivity index (χ1n) is 10.4. The number of piperidine rings is 1. The fourth-order valence-corrected chi connectivity index (χ4v) is 5.57. The lowest BCUT2D eigenvalue weighted by Crippen LogP contribution is -2.37. The summed E-state index contributed by atoms with van der Waals surface area (Å²) in [5.74, 6) is 2.46. The third kappa shape index (κ3) is 6.80. The molecule has 158 valence electrons. The molecule has 1 saturated heterocycles. The Balaban J connectivity index is 1.35. The number of hydrogen-bond acceptors (Lipinski definition) is 3. The molecule has 1 aromatic carbocycles. The number of hydrogen-bond donors (Lipinski definition) is 2. The van der Waals surface area contributed by atoms with Gasteiger partial charge < -0.3 is 9.64 Å². The molecule has 1 aromatic rings. The standard InChI is InChI=1S/C21H33BrN2O3S/c1-27-20-6-7-21(22)18(15-20)14-17-9-12-24(13-10-17)11-8-16-2-4-19(5-3-16)23-28(25)26/h6-7,15-17,19,23H,2-5,8-14H2,1H3,(H,25,26). The summed E-state index contributed by atoms with van der Waals surface area (Å²) in [6, 6.07) is 6.47. The van der Waals surface area contributed by atoms with E-state index in [0.717, 1.165) is 36.8 Å². The topological polar surface area (TPSA) is 61.8 Å². The van der Waals surface area contributed by atoms with Crippen molar-refractivity contribution in [1.82, 2.24) is 9.62 Å². The zero-order valence-corrected chi connectivity index (χ0v) is 19.1. The summed E-state index contributed by atoms with van der Waals surface area (Å²) >= 11 is 1.81. The summed E-state index contributed by atoms with van der Waals surface area (Å²) < 4.78 is 29.1. The predicted molar refractivity (Wildman–Crippen MR) is 118 cm³/mol. The zero-order chi connectivity index (χ0) is 19.9. The molecule has 0 spiro atoms. The molecule has 7 heteroatoms. The van der Waals surface area contributed by atoms with Crippen LogP contribution in [0.25, 0.3) is 0 Å². The first-order valence-corrected chi connectivity index (χ1v) is 12.3. The van der Waals surface area contributed by atoms with Crippen molar-refractivity contribution in [1.29, 1.82) is 0 Å². The molecule has 1 saturated carbocycles. The molecule has 1 aliphatic heterocycles. The number of ether oxygens (including phenoxy) is 1. The number of nitrogens with zero attached hydrogens (tertiary/aromatic N) is 1. The molecule has 2 fully saturated rings. The molecule has 0 aromatic heterocycles. The van der Waals surface area contributed by atoms with E-state index in [1.165, 1.54) is 61.8 Å². The lowest BCUT2D eigenvalue weighted by Gasteiger charge is -2.34. The second kappa shape index (κ2) is 11.1. The second-order valence-electron chi connectivity index (χ2n) is 8.32. The van der Waals surface area contributed by atoms with Gasteiger partial charge in [-0.05, 0) is 107 Å². The Labute approximate surface area is 180 Å². The van der Waals surface area contributed by atoms with E-state index in [1.54, 1.807) is 7.11 Å². The first-order chi connectivity index (χ1) is 13.5. The van der Waals surface area contributed by atoms with Crippen LogP contribution < -0.4 is 9.46 Å². The quantitative estimate of drug-likeness (QED) is 0.550. The molecule has 1 atom stereocenters. The van der Waals surface area contributed by atoms with E-state index in [2.05, 4.69) is 37.7 Å². The summed E-state index contributed by atoms with van der Waals surface area (Å²) in [5.41, 5.74) is 1.35. The van der Waals surface area contributed by atoms with Gasteiger partial charge in [-0.3, -0.25) is 4.55 Å². The summed E-state index contributed by atoms with van der Waals surface area (Å²) in [5, 5.41) is 0. The van der Waals surface area contributed by atoms with Gasteiger partial charge in [0.25, 0.3) is 0 Å². The van der Waals surface area contributed by atoms with E-state index in [-0.39, 0.29) is 6.04 Å². The van der Waals surface area contributed by atoms with Crippen molar-refractivity contribution in [3.05, 3.63) is 28.2 Å². The van der Waals surface area contributed by atoms with Crippen LogP contribution in [0.5, 0.6) is 5.75 Å². The number of rotatable bonds is 8. The maximum Gasteiger partial charge on any atom is 0.231 e. The van der Waals surface area contributed by atoms with Crippen LogP contribution in [0.2, 0.25) is 0 Å². The van der Waals surface area contributed by atoms with E-state index in [4.69, 9.17) is 9.29 Å². The molecule has 1 aliphatic carbocycles. The summed E-state index contributed by atoms with van der Waals surface area (Å²) in [4.78, 5) is 2.63. The normalized spacial score (nSPS) is 25.5. The van der Waals surface area contributed by atoms with Gasteiger partial charge in [-0.15, -0.1) is 0 Å². The minimum atomic E-state index is -1.87. The van der Waals surface area contributed by atoms with Gasteiger partial charge in [-0.25, -0.2) is 8.93 Å². The van der Waals surface area contributed by atoms with Gasteiger partial charge in [-0.1, -0.05) is 15.9 Å². The molecule has 1 unspecified atom stereocenters. The fraction of sp³-hybridized carbons (Fsp3) is 0.714. The van der Waals surface area contributed by atoms with Crippen LogP contribution in [0, 0.1) is 11.8 Å². The summed E-state index contributed by atoms with van der Waals surface area (Å²) in [7, 11) is 1.72. The van der Waals surface area contributed by atoms with Gasteiger partial charge in [0.2, 0.25) is 11.3 Å². The SMILES string of the molecule is COc1ccc(Br)c(CC2CCN(CCC3CCC(NS(=O)O)CC3)CC2)c1. The van der Waals surface area contributed by atoms with Crippen molar-refractivity contribution < 1.29 is 13.5 Å². The fourth-order valence-electron chi connectivity index (χ4n) is 4.64. The van der Waals surface area contributed by atoms with Gasteiger partial charge in [0, 0.05) is 10.5 Å². The lowest BCUT2D eigenvalue weighted by atomic mass is 9.84. The van der Waals surface area contributed by atoms with Gasteiger partial charge in [0.05, 0.1) is 7.11 Å². The van der Waals surface area contributed by atoms with Crippen LogP contribution in [0.4, 0.5) is 0 Å². The van der Waals surface area contributed by atoms with Crippen LogP contribution in [0.3, 0.4) is 0 Å². The second-order valence-corrected chi connectivity index (χ2v) is 9.91. The smallest absolute Gasteiger partial charge is 0.231 e. The first kappa shape index (κ1) is 22.2. The number of methoxy groups -OCH3 is 1. The van der Waals surface area contributed by atoms with Crippen LogP contribution in [-0.4, -0.2) is 46.4 Å². The Kier molecular flexibility index (Phi) is 8.78. The predicted octanol–water partition coefficient (Wildman–Crippen LogP) is 4.39. The maximum atomic E-state index is 10.9. The molecule has 0 bridgehead atoms. The summed E-state index contributed by atoms with van der Waals surface area (Å²) in [6.45, 7) is 3.60. The van der Waals surface area contributed by atoms with E-state index >= 15 is 0 Å². The number of nitrogens with one attached hydrogen (secondary N) is 1. The number of halogens is 1. The number of likely N-dealkylation sites (tertiary alicyclic amines) is 1. The molecule has 2 N–H and O–H groups in total. The molecule has 1 heterocycles. The highest BCUT2D eigenvalue weighted by Crippen LogP contribution is 2.30. The maximum absolute atomic E-state index is 10.9. The van der Waals surface area contributed by atoms with Gasteiger partial charge >= 0.3 is 0 Å². The Morgan fingerprint density at radius 3 is 2.54 bits per heavy atom. The van der Waals surface area contributed by atoms with E-state index in [9.17, 15) is 4.21 Å². The molecule has 0 amide bonds. The average molecular weight is 473 g/mol. The van der Waals surface area contributed by atoms with Crippen molar-refractivity contribution in [3.8, 4) is 5.75 Å². The molecule has 3 rings (SSSR count). The monoisotopic (exact) mass is 472 g/mol. The van der Waals surface area contributed by atoms with Crippen molar-refractivity contribution >= 4 is 27.2 Å². The number of benzene rings is 1. The lowest BCUT2D eigenvalue weighted by molar-refractivity contribution is 0.164. The van der Waals surface area contributed by atoms with Crippen molar-refractivity contribution in [3.63, 3.8) is 0 Å². The average Bonchev–Trinajstić information content (AvgIpc) is 2.70. The Morgan fingerprint density at radius 2 is 1.89 bits per heavy atom. The van der Waals surface area contributed by atoms with Crippen molar-refractivity contribution in [2.75, 3.05) is 26.7 Å². The Hall–Kier alpha value is -0.470. The van der Waals surface area contributed by atoms with Gasteiger partial charge in [0.1, 0.15) is 5.75 Å². The van der Waals surface area contributed by atoms with E-state index in [1.807, 2.05) is 6.07 Å². The van der Waals surface area contributed by atoms with Crippen LogP contribution in [0.1, 0.15) is 50.5 Å². The highest BCUT2D eigenvalue weighted by molar-refractivity contribution is 9.10. The molecular weight excluding hydrogens is 440 g/mol. The third-order valence-electron chi connectivity index (χ3n) is 6.44. The van der Waals surface area contributed by atoms with E-state index < -0.39 is 11.3 Å². The highest BCUT2D eigenvalue weighted by atomic mass is 79.9. The van der Waals surface area contributed by atoms with Crippen LogP contribution >= 0.6 is 15.9 Å². The minimum absolute atomic E-state index is 0.216. The molecular formula is C21H33BrN2O3S. The molecule has 28 heavy (non-hydrogen) atoms. The van der Waals surface area contributed by atoms with Gasteiger partial charge in [-0.2, -0.15) is 0 Å². The van der Waals surface area contributed by atoms with Crippen LogP contribution in [-0.2, 0) is 17.7 Å². The van der Waals surface area contributed by atoms with Crippen molar-refractivity contribution in [2.24, 2.45) is 11.8 Å². The van der Waals surface area contributed by atoms with Gasteiger partial charge in [0.15, 0.2) is 0 Å². The molecule has 5 nitrogen and oxygen atoms in total. The van der Waals surface area contributed by atoms with E-state index in [0.29, 0.717) is 0 Å². The largest absolute Gasteiger partial charge is 0.497 e. The van der Waals surface area contributed by atoms with Crippen LogP contribution in [0.15, 0.2) is 22.7 Å².